The smallest absolute Gasteiger partial charge is 0.0326 e. The fourth-order valence-electron chi connectivity index (χ4n) is 1.75. The summed E-state index contributed by atoms with van der Waals surface area (Å²) >= 11 is 0. The van der Waals surface area contributed by atoms with Crippen molar-refractivity contribution in [2.24, 2.45) is 11.3 Å². The van der Waals surface area contributed by atoms with Crippen LogP contribution in [0.25, 0.3) is 0 Å². The van der Waals surface area contributed by atoms with Crippen LogP contribution in [0.1, 0.15) is 46.5 Å². The van der Waals surface area contributed by atoms with Crippen molar-refractivity contribution < 1.29 is 0 Å². The second-order valence-corrected chi connectivity index (χ2v) is 4.12. The molecule has 1 atom stereocenters. The predicted octanol–water partition coefficient (Wildman–Crippen LogP) is 3.43. The lowest BCUT2D eigenvalue weighted by atomic mass is 9.76. The van der Waals surface area contributed by atoms with Crippen LogP contribution in [-0.2, 0) is 0 Å². The Kier molecular flexibility index (Phi) is 2.38. The van der Waals surface area contributed by atoms with Gasteiger partial charge in [0.1, 0.15) is 0 Å². The summed E-state index contributed by atoms with van der Waals surface area (Å²) in [5.74, 6) is 0.900. The molecular formula is C10H19. The second kappa shape index (κ2) is 2.94. The molecule has 10 heavy (non-hydrogen) atoms. The van der Waals surface area contributed by atoms with Gasteiger partial charge in [-0.2, -0.15) is 0 Å². The van der Waals surface area contributed by atoms with Gasteiger partial charge in [0.25, 0.3) is 0 Å². The summed E-state index contributed by atoms with van der Waals surface area (Å²) in [7, 11) is 0. The van der Waals surface area contributed by atoms with Gasteiger partial charge in [0, 0.05) is 0 Å². The highest BCUT2D eigenvalue weighted by molar-refractivity contribution is 4.92. The van der Waals surface area contributed by atoms with Crippen molar-refractivity contribution in [3.8, 4) is 0 Å². The maximum Gasteiger partial charge on any atom is -0.0326 e. The zero-order valence-electron chi connectivity index (χ0n) is 7.48. The van der Waals surface area contributed by atoms with Gasteiger partial charge in [-0.15, -0.1) is 0 Å². The van der Waals surface area contributed by atoms with Crippen LogP contribution in [0, 0.1) is 17.8 Å². The summed E-state index contributed by atoms with van der Waals surface area (Å²) in [6, 6.07) is 0. The molecule has 0 aromatic heterocycles. The van der Waals surface area contributed by atoms with Crippen molar-refractivity contribution in [2.45, 2.75) is 46.5 Å². The van der Waals surface area contributed by atoms with E-state index in [0.29, 0.717) is 5.41 Å². The van der Waals surface area contributed by atoms with Gasteiger partial charge in [-0.25, -0.2) is 0 Å². The van der Waals surface area contributed by atoms with Crippen molar-refractivity contribution in [1.82, 2.24) is 0 Å². The molecular weight excluding hydrogens is 120 g/mol. The van der Waals surface area contributed by atoms with Crippen LogP contribution in [0.3, 0.4) is 0 Å². The topological polar surface area (TPSA) is 0 Å². The molecule has 0 bridgehead atoms. The summed E-state index contributed by atoms with van der Waals surface area (Å²) in [4.78, 5) is 0. The van der Waals surface area contributed by atoms with E-state index in [9.17, 15) is 0 Å². The van der Waals surface area contributed by atoms with Crippen LogP contribution in [0.15, 0.2) is 0 Å². The van der Waals surface area contributed by atoms with Crippen molar-refractivity contribution in [1.29, 1.82) is 0 Å². The summed E-state index contributed by atoms with van der Waals surface area (Å²) in [6.07, 6.45) is 8.04. The highest BCUT2D eigenvalue weighted by atomic mass is 14.3. The molecule has 0 nitrogen and oxygen atoms in total. The Morgan fingerprint density at radius 2 is 2.20 bits per heavy atom. The van der Waals surface area contributed by atoms with Crippen molar-refractivity contribution in [2.75, 3.05) is 0 Å². The first-order valence-corrected chi connectivity index (χ1v) is 4.50. The molecule has 0 aliphatic heterocycles. The Labute approximate surface area is 65.0 Å². The van der Waals surface area contributed by atoms with E-state index in [-0.39, 0.29) is 0 Å². The van der Waals surface area contributed by atoms with E-state index >= 15 is 0 Å². The van der Waals surface area contributed by atoms with Gasteiger partial charge >= 0.3 is 0 Å². The minimum atomic E-state index is 0.566. The summed E-state index contributed by atoms with van der Waals surface area (Å²) in [6.45, 7) is 7.07. The molecule has 1 fully saturated rings. The third-order valence-corrected chi connectivity index (χ3v) is 3.09. The molecule has 0 spiro atoms. The van der Waals surface area contributed by atoms with Crippen LogP contribution in [0.5, 0.6) is 0 Å². The van der Waals surface area contributed by atoms with Gasteiger partial charge in [0.05, 0.1) is 0 Å². The summed E-state index contributed by atoms with van der Waals surface area (Å²) < 4.78 is 0. The molecule has 1 radical (unpaired) electrons. The van der Waals surface area contributed by atoms with Gasteiger partial charge in [-0.05, 0) is 30.6 Å². The molecule has 0 aromatic carbocycles. The fourth-order valence-corrected chi connectivity index (χ4v) is 1.75. The first-order valence-electron chi connectivity index (χ1n) is 4.50. The van der Waals surface area contributed by atoms with Crippen molar-refractivity contribution in [3.63, 3.8) is 0 Å². The molecule has 1 aliphatic carbocycles. The van der Waals surface area contributed by atoms with Crippen LogP contribution in [0.4, 0.5) is 0 Å². The maximum absolute atomic E-state index is 2.52. The van der Waals surface area contributed by atoms with Crippen molar-refractivity contribution in [3.05, 3.63) is 6.42 Å². The summed E-state index contributed by atoms with van der Waals surface area (Å²) in [5, 5.41) is 0. The number of rotatable bonds is 2. The molecule has 0 saturated heterocycles. The van der Waals surface area contributed by atoms with Gasteiger partial charge in [-0.1, -0.05) is 33.6 Å². The highest BCUT2D eigenvalue weighted by Crippen LogP contribution is 2.40. The van der Waals surface area contributed by atoms with Crippen LogP contribution >= 0.6 is 0 Å². The lowest BCUT2D eigenvalue weighted by Crippen LogP contribution is -2.20. The molecule has 1 saturated carbocycles. The molecule has 0 heteroatoms. The predicted molar refractivity (Wildman–Crippen MR) is 45.7 cm³/mol. The fraction of sp³-hybridized carbons (Fsp3) is 0.900. The molecule has 1 aliphatic rings. The average molecular weight is 139 g/mol. The standard InChI is InChI=1S/C10H19/c1-4-10(2,3)9-7-5-6-8-9/h7,9H,4-6,8H2,1-3H3. The van der Waals surface area contributed by atoms with E-state index in [2.05, 4.69) is 27.2 Å². The molecule has 59 valence electrons. The maximum atomic E-state index is 2.52. The van der Waals surface area contributed by atoms with Crippen LogP contribution in [0.2, 0.25) is 0 Å². The number of hydrogen-bond acceptors (Lipinski definition) is 0. The number of hydrogen-bond donors (Lipinski definition) is 0. The van der Waals surface area contributed by atoms with E-state index in [0.717, 1.165) is 5.92 Å². The molecule has 0 aromatic rings. The Morgan fingerprint density at radius 3 is 2.60 bits per heavy atom. The molecule has 0 N–H and O–H groups in total. The van der Waals surface area contributed by atoms with Crippen molar-refractivity contribution >= 4 is 0 Å². The zero-order chi connectivity index (χ0) is 7.61. The first-order chi connectivity index (χ1) is 4.67. The third-order valence-electron chi connectivity index (χ3n) is 3.09. The largest absolute Gasteiger partial charge is 0.0649 e. The monoisotopic (exact) mass is 139 g/mol. The first kappa shape index (κ1) is 8.10. The lowest BCUT2D eigenvalue weighted by molar-refractivity contribution is 0.239. The molecule has 1 unspecified atom stereocenters. The summed E-state index contributed by atoms with van der Waals surface area (Å²) in [5.41, 5.74) is 0.566. The normalized spacial score (nSPS) is 21.9. The minimum absolute atomic E-state index is 0.566. The van der Waals surface area contributed by atoms with Crippen LogP contribution < -0.4 is 0 Å². The van der Waals surface area contributed by atoms with Gasteiger partial charge in [0.15, 0.2) is 0 Å². The Bertz CT molecular complexity index is 96.6. The molecule has 0 heterocycles. The Morgan fingerprint density at radius 1 is 1.50 bits per heavy atom. The average Bonchev–Trinajstić information content (AvgIpc) is 2.38. The van der Waals surface area contributed by atoms with E-state index < -0.39 is 0 Å². The lowest BCUT2D eigenvalue weighted by Gasteiger charge is -2.29. The molecule has 0 amide bonds. The minimum Gasteiger partial charge on any atom is -0.0649 e. The highest BCUT2D eigenvalue weighted by Gasteiger charge is 2.29. The van der Waals surface area contributed by atoms with Gasteiger partial charge in [-0.3, -0.25) is 0 Å². The van der Waals surface area contributed by atoms with E-state index in [1.807, 2.05) is 0 Å². The zero-order valence-corrected chi connectivity index (χ0v) is 7.48. The van der Waals surface area contributed by atoms with E-state index in [1.54, 1.807) is 0 Å². The third kappa shape index (κ3) is 1.53. The SMILES string of the molecule is CCC(C)(C)C1[CH]CCC1. The second-order valence-electron chi connectivity index (χ2n) is 4.12. The Hall–Kier alpha value is 0. The van der Waals surface area contributed by atoms with E-state index in [1.165, 1.54) is 25.7 Å². The molecule has 1 rings (SSSR count). The van der Waals surface area contributed by atoms with Gasteiger partial charge < -0.3 is 0 Å². The van der Waals surface area contributed by atoms with Crippen LogP contribution in [-0.4, -0.2) is 0 Å². The quantitative estimate of drug-likeness (QED) is 0.550. The van der Waals surface area contributed by atoms with Gasteiger partial charge in [0.2, 0.25) is 0 Å². The Balaban J connectivity index is 2.45. The van der Waals surface area contributed by atoms with E-state index in [4.69, 9.17) is 0 Å².